The number of aryl methyl sites for hydroxylation is 1. The van der Waals surface area contributed by atoms with E-state index >= 15 is 0 Å². The van der Waals surface area contributed by atoms with Crippen molar-refractivity contribution >= 4 is 307 Å². The fraction of sp³-hybridized carbons (Fsp3) is 0.667. The van der Waals surface area contributed by atoms with Crippen LogP contribution in [0.3, 0.4) is 0 Å². The van der Waals surface area contributed by atoms with Gasteiger partial charge in [0.2, 0.25) is 0 Å². The topological polar surface area (TPSA) is 323 Å². The molecule has 4 unspecified atom stereocenters. The Balaban J connectivity index is 1.14. The number of benzene rings is 1. The predicted molar refractivity (Wildman–Crippen MR) is 399 cm³/mol. The normalized spacial score (nSPS) is 41.0. The second-order valence-corrected chi connectivity index (χ2v) is 88.0. The van der Waals surface area contributed by atoms with Gasteiger partial charge in [-0.05, 0) is 17.5 Å². The van der Waals surface area contributed by atoms with Gasteiger partial charge in [-0.15, -0.1) is 0 Å². The van der Waals surface area contributed by atoms with Crippen molar-refractivity contribution in [1.82, 2.24) is 0 Å². The van der Waals surface area contributed by atoms with Crippen LogP contribution in [0, 0.1) is 0 Å². The first-order valence-electron chi connectivity index (χ1n) is 29.3. The van der Waals surface area contributed by atoms with Gasteiger partial charge in [-0.3, -0.25) is 0 Å². The second-order valence-electron chi connectivity index (χ2n) is 19.0. The smallest absolute Gasteiger partial charge is 0.425 e. The first-order valence-corrected chi connectivity index (χ1v) is 71.3. The zero-order chi connectivity index (χ0) is 64.1. The average Bonchev–Trinajstić information content (AvgIpc) is 0.704. The van der Waals surface area contributed by atoms with E-state index in [1.807, 2.05) is 66.7 Å². The maximum absolute atomic E-state index is 7.66. The Labute approximate surface area is 590 Å². The molecule has 6 aliphatic heterocycles. The first-order chi connectivity index (χ1) is 43.9. The molecule has 0 spiro atoms. The van der Waals surface area contributed by atoms with E-state index in [-0.39, 0.29) is 30.2 Å². The third-order valence-corrected chi connectivity index (χ3v) is 80.7. The summed E-state index contributed by atoms with van der Waals surface area (Å²) in [6.07, 6.45) is 2.30. The molecule has 7 rings (SSSR count). The van der Waals surface area contributed by atoms with E-state index in [4.69, 9.17) is 144 Å². The van der Waals surface area contributed by atoms with Crippen LogP contribution in [0.1, 0.15) is 59.6 Å². The number of fused-ring (bicyclic) bond motifs is 46. The first kappa shape index (κ1) is 83.2. The molecule has 4 atom stereocenters. The molecule has 0 saturated carbocycles. The van der Waals surface area contributed by atoms with E-state index in [0.717, 1.165) is 11.1 Å². The van der Waals surface area contributed by atoms with E-state index in [9.17, 15) is 0 Å². The molecule has 0 amide bonds. The molecule has 0 aromatic heterocycles. The molecule has 0 radical (unpaired) electrons. The highest BCUT2D eigenvalue weighted by Crippen LogP contribution is 2.50. The summed E-state index contributed by atoms with van der Waals surface area (Å²) in [5.74, 6) is 0. The van der Waals surface area contributed by atoms with Crippen molar-refractivity contribution in [1.29, 1.82) is 0 Å². The number of hydrogen-bond donors (Lipinski definition) is 0. The van der Waals surface area contributed by atoms with Gasteiger partial charge in [0.1, 0.15) is 0 Å². The van der Waals surface area contributed by atoms with Crippen LogP contribution < -0.4 is 0 Å². The van der Waals surface area contributed by atoms with E-state index < -0.39 is 301 Å². The molecule has 35 nitrogen and oxygen atoms in total. The van der Waals surface area contributed by atoms with Crippen molar-refractivity contribution in [3.63, 3.8) is 0 Å². The predicted octanol–water partition coefficient (Wildman–Crippen LogP) is -16.9. The summed E-state index contributed by atoms with van der Waals surface area (Å²) in [6.45, 7) is 17.7. The average molecular weight is 1810 g/mol. The molecule has 522 valence electrons. The van der Waals surface area contributed by atoms with Gasteiger partial charge >= 0.3 is 70.4 Å². The third kappa shape index (κ3) is 29.6. The molecule has 8 bridgehead atoms. The summed E-state index contributed by atoms with van der Waals surface area (Å²) in [5.41, 5.74) is 1.98. The molecule has 6 heterocycles. The minimum absolute atomic E-state index is 0.246. The van der Waals surface area contributed by atoms with Gasteiger partial charge in [0.15, 0.2) is 0 Å². The molecule has 66 heteroatoms. The summed E-state index contributed by atoms with van der Waals surface area (Å²) < 4.78 is 223. The quantitative estimate of drug-likeness (QED) is 0.186. The lowest BCUT2D eigenvalue weighted by molar-refractivity contribution is -0.00594. The Kier molecular flexibility index (Phi) is 43.3. The molecule has 6 aliphatic rings. The van der Waals surface area contributed by atoms with Crippen LogP contribution in [0.15, 0.2) is 30.8 Å². The summed E-state index contributed by atoms with van der Waals surface area (Å²) in [6, 6.07) is 10.3. The summed E-state index contributed by atoms with van der Waals surface area (Å²) in [5, 5.41) is 0. The van der Waals surface area contributed by atoms with E-state index in [2.05, 4.69) is 18.7 Å². The Hall–Kier alpha value is 4.28. The zero-order valence-corrected chi connectivity index (χ0v) is 93.0. The Morgan fingerprint density at radius 2 is 0.478 bits per heavy atom. The third-order valence-electron chi connectivity index (χ3n) is 12.6. The van der Waals surface area contributed by atoms with Crippen LogP contribution in [-0.4, -0.2) is 301 Å². The van der Waals surface area contributed by atoms with Gasteiger partial charge < -0.3 is 144 Å². The summed E-state index contributed by atoms with van der Waals surface area (Å²) in [7, 11) is -61.9. The van der Waals surface area contributed by atoms with Crippen LogP contribution in [-0.2, 0) is 150 Å². The zero-order valence-electron chi connectivity index (χ0n) is 52.5. The van der Waals surface area contributed by atoms with Crippen molar-refractivity contribution < 1.29 is 144 Å². The van der Waals surface area contributed by atoms with Crippen molar-refractivity contribution in [2.45, 2.75) is 103 Å². The highest BCUT2D eigenvalue weighted by Gasteiger charge is 2.79. The lowest BCUT2D eigenvalue weighted by Gasteiger charge is -2.60. The second kappa shape index (κ2) is 46.8. The molecule has 0 aliphatic carbocycles. The van der Waals surface area contributed by atoms with Gasteiger partial charge in [0.05, 0.1) is 0 Å². The number of rotatable bonds is 11. The minimum atomic E-state index is -4.17. The van der Waals surface area contributed by atoms with Gasteiger partial charge in [0.25, 0.3) is 230 Å². The van der Waals surface area contributed by atoms with Gasteiger partial charge in [-0.1, -0.05) is 85.4 Å². The highest BCUT2D eigenvalue weighted by molar-refractivity contribution is 7.01. The lowest BCUT2D eigenvalue weighted by Crippen LogP contribution is -2.85. The van der Waals surface area contributed by atoms with Gasteiger partial charge in [0, 0.05) is 48.4 Å². The lowest BCUT2D eigenvalue weighted by atomic mass is 10.1. The fourth-order valence-electron chi connectivity index (χ4n) is 8.28. The van der Waals surface area contributed by atoms with Crippen molar-refractivity contribution in [3.8, 4) is 0 Å². The molecular formula is C24H92O35Si31. The molecule has 0 N–H and O–H groups in total. The SMILES string of the molecule is C=Cc1cccc(CC[Si]23O[SiH2]O[SiH2]O[SiH2]O[SiH2]O[SiH2]O[SiH2]O[SiH2]O[SiH2]O[SiH2]O[SiH2]O[SiH2]O[SiH2]O[SiH2]O[SiH2]O[SiH2]O[SiH2]O[SiH2]O[SiH2]O[SiH2]O[SiH2]O[SiH2]O[SiH2]O[SiH2]O[Si]4(CC)O[Si]5(CC)O[Si](CC)(O2)O[Si]2(CC)O[Si](CC)(O3)O[Si](CC)(O4)O[Si](CC)(O5)O2)c1. The summed E-state index contributed by atoms with van der Waals surface area (Å²) >= 11 is 0. The van der Waals surface area contributed by atoms with E-state index in [1.165, 1.54) is 0 Å². The largest absolute Gasteiger partial charge is 0.478 e. The Bertz CT molecular complexity index is 2060. The van der Waals surface area contributed by atoms with Crippen LogP contribution in [0.4, 0.5) is 0 Å². The highest BCUT2D eigenvalue weighted by atomic mass is 28.6. The van der Waals surface area contributed by atoms with Crippen molar-refractivity contribution in [3.05, 3.63) is 42.0 Å². The van der Waals surface area contributed by atoms with Crippen molar-refractivity contribution in [2.75, 3.05) is 0 Å². The van der Waals surface area contributed by atoms with E-state index in [0.29, 0.717) is 24.6 Å². The maximum Gasteiger partial charge on any atom is 0.478 e. The van der Waals surface area contributed by atoms with Crippen LogP contribution in [0.5, 0.6) is 0 Å². The minimum Gasteiger partial charge on any atom is -0.425 e. The Morgan fingerprint density at radius 1 is 0.278 bits per heavy atom. The van der Waals surface area contributed by atoms with Crippen LogP contribution in [0.2, 0.25) is 48.4 Å². The maximum atomic E-state index is 7.66. The molecular weight excluding hydrogens is 1720 g/mol. The van der Waals surface area contributed by atoms with E-state index in [1.54, 1.807) is 0 Å². The standard InChI is InChI=1S/C24H92O35Si31/c1-9-23-18-17-19-24(22-23)20-21-90-48-82-46-80-44-78-42-76-40-74-38-72-36-70-34-68-32-66-30-64-28-62-26-60-25-61-27-63-29-65-31-67-33-69-35-71-37-73-39-75-41-77-43-79-45-81-47-83(10-2)49-84(11-3)51-86(13-5)52-85(12-4,50-83)54-89(16-8,59-90)57-87(14-6,55-86)56-88(15-7,53-84)58-90/h9,17-19,22H,1,10-16,20-21,60-82H2,2-8H3. The fourth-order valence-corrected chi connectivity index (χ4v) is 99.1. The van der Waals surface area contributed by atoms with Gasteiger partial charge in [-0.25, -0.2) is 0 Å². The molecule has 1 aromatic carbocycles. The number of hydrogen-bond acceptors (Lipinski definition) is 35. The monoisotopic (exact) mass is 1810 g/mol. The van der Waals surface area contributed by atoms with Crippen LogP contribution in [0.25, 0.3) is 6.08 Å². The van der Waals surface area contributed by atoms with Gasteiger partial charge in [-0.2, -0.15) is 0 Å². The molecule has 6 saturated heterocycles. The molecule has 90 heavy (non-hydrogen) atoms. The van der Waals surface area contributed by atoms with Crippen molar-refractivity contribution in [2.24, 2.45) is 0 Å². The molecule has 6 fully saturated rings. The molecule has 1 aromatic rings. The summed E-state index contributed by atoms with van der Waals surface area (Å²) in [4.78, 5) is 0. The van der Waals surface area contributed by atoms with Crippen LogP contribution >= 0.6 is 0 Å². The Morgan fingerprint density at radius 3 is 0.700 bits per heavy atom.